The number of nitrogens with zero attached hydrogens (tertiary/aromatic N) is 2. The fraction of sp³-hybridized carbons (Fsp3) is 0.222. The molecule has 0 saturated heterocycles. The monoisotopic (exact) mass is 340 g/mol. The number of nitrogens with two attached hydrogens (primary N) is 1. The van der Waals surface area contributed by atoms with Crippen LogP contribution in [0.5, 0.6) is 0 Å². The molecular formula is C18H20N4OS. The highest BCUT2D eigenvalue weighted by atomic mass is 32.2. The number of hydrogen-bond acceptors (Lipinski definition) is 5. The van der Waals surface area contributed by atoms with Gasteiger partial charge in [0.25, 0.3) is 5.56 Å². The van der Waals surface area contributed by atoms with Crippen molar-refractivity contribution in [2.75, 3.05) is 4.72 Å². The van der Waals surface area contributed by atoms with Gasteiger partial charge in [0.15, 0.2) is 0 Å². The van der Waals surface area contributed by atoms with Gasteiger partial charge in [-0.3, -0.25) is 9.93 Å². The van der Waals surface area contributed by atoms with Crippen LogP contribution in [-0.4, -0.2) is 9.78 Å². The average Bonchev–Trinajstić information content (AvgIpc) is 2.56. The molecule has 0 spiro atoms. The highest BCUT2D eigenvalue weighted by Gasteiger charge is 2.11. The topological polar surface area (TPSA) is 72.9 Å². The molecule has 1 heterocycles. The number of fused-ring (bicyclic) bond motifs is 1. The highest BCUT2D eigenvalue weighted by Crippen LogP contribution is 2.22. The second kappa shape index (κ2) is 6.67. The summed E-state index contributed by atoms with van der Waals surface area (Å²) in [4.78, 5) is 12.4. The van der Waals surface area contributed by atoms with Crippen molar-refractivity contribution in [2.24, 2.45) is 12.2 Å². The average molecular weight is 340 g/mol. The lowest BCUT2D eigenvalue weighted by Gasteiger charge is -2.11. The van der Waals surface area contributed by atoms with E-state index in [1.807, 2.05) is 37.3 Å². The molecular weight excluding hydrogens is 320 g/mol. The van der Waals surface area contributed by atoms with E-state index >= 15 is 0 Å². The maximum absolute atomic E-state index is 12.4. The summed E-state index contributed by atoms with van der Waals surface area (Å²) in [7, 11) is 1.70. The SMILES string of the molecule is Cc1cc2c(Cc3ccc(NSN)cc3)nn(C)c(=O)c2cc1C. The Morgan fingerprint density at radius 1 is 1.12 bits per heavy atom. The fourth-order valence-corrected chi connectivity index (χ4v) is 3.04. The number of anilines is 1. The number of nitrogens with one attached hydrogen (secondary N) is 1. The minimum absolute atomic E-state index is 0.0589. The van der Waals surface area contributed by atoms with Crippen molar-refractivity contribution in [3.8, 4) is 0 Å². The summed E-state index contributed by atoms with van der Waals surface area (Å²) in [5.74, 6) is 0. The highest BCUT2D eigenvalue weighted by molar-refractivity contribution is 7.98. The molecule has 5 nitrogen and oxygen atoms in total. The van der Waals surface area contributed by atoms with Gasteiger partial charge in [0.2, 0.25) is 0 Å². The van der Waals surface area contributed by atoms with E-state index in [0.717, 1.165) is 45.4 Å². The van der Waals surface area contributed by atoms with Gasteiger partial charge < -0.3 is 4.72 Å². The van der Waals surface area contributed by atoms with Gasteiger partial charge in [-0.2, -0.15) is 5.10 Å². The van der Waals surface area contributed by atoms with Crippen LogP contribution in [-0.2, 0) is 13.5 Å². The number of rotatable bonds is 4. The normalized spacial score (nSPS) is 11.0. The molecule has 24 heavy (non-hydrogen) atoms. The van der Waals surface area contributed by atoms with Crippen molar-refractivity contribution in [3.05, 3.63) is 69.1 Å². The standard InChI is InChI=1S/C18H20N4OS/c1-11-8-15-16(9-12(11)2)18(23)22(3)20-17(15)10-13-4-6-14(7-5-13)21-24-19/h4-9,21H,10,19H2,1-3H3. The minimum Gasteiger partial charge on any atom is -0.317 e. The second-order valence-electron chi connectivity index (χ2n) is 5.95. The summed E-state index contributed by atoms with van der Waals surface area (Å²) < 4.78 is 4.42. The first-order chi connectivity index (χ1) is 11.5. The molecule has 3 aromatic rings. The molecule has 3 rings (SSSR count). The van der Waals surface area contributed by atoms with Crippen molar-refractivity contribution in [2.45, 2.75) is 20.3 Å². The van der Waals surface area contributed by atoms with Crippen LogP contribution in [0.4, 0.5) is 5.69 Å². The van der Waals surface area contributed by atoms with Crippen molar-refractivity contribution in [1.82, 2.24) is 9.78 Å². The van der Waals surface area contributed by atoms with E-state index in [0.29, 0.717) is 6.42 Å². The Kier molecular flexibility index (Phi) is 4.59. The lowest BCUT2D eigenvalue weighted by atomic mass is 10.00. The number of benzene rings is 2. The molecule has 0 aliphatic heterocycles. The first kappa shape index (κ1) is 16.5. The minimum atomic E-state index is -0.0589. The molecule has 0 unspecified atom stereocenters. The van der Waals surface area contributed by atoms with Gasteiger partial charge >= 0.3 is 0 Å². The Bertz CT molecular complexity index is 948. The molecule has 0 fully saturated rings. The molecule has 0 saturated carbocycles. The maximum atomic E-state index is 12.4. The summed E-state index contributed by atoms with van der Waals surface area (Å²) in [5.41, 5.74) is 5.22. The Hall–Kier alpha value is -2.31. The van der Waals surface area contributed by atoms with E-state index in [1.165, 1.54) is 10.2 Å². The predicted molar refractivity (Wildman–Crippen MR) is 101 cm³/mol. The summed E-state index contributed by atoms with van der Waals surface area (Å²) in [6, 6.07) is 12.1. The third kappa shape index (κ3) is 3.16. The van der Waals surface area contributed by atoms with E-state index in [2.05, 4.69) is 22.8 Å². The largest absolute Gasteiger partial charge is 0.317 e. The third-order valence-electron chi connectivity index (χ3n) is 4.24. The smallest absolute Gasteiger partial charge is 0.274 e. The zero-order chi connectivity index (χ0) is 17.3. The molecule has 0 bridgehead atoms. The number of aromatic nitrogens is 2. The van der Waals surface area contributed by atoms with Crippen LogP contribution in [0.3, 0.4) is 0 Å². The molecule has 1 aromatic heterocycles. The Morgan fingerprint density at radius 3 is 2.38 bits per heavy atom. The Labute approximate surface area is 145 Å². The predicted octanol–water partition coefficient (Wildman–Crippen LogP) is 3.07. The van der Waals surface area contributed by atoms with Crippen molar-refractivity contribution < 1.29 is 0 Å². The Balaban J connectivity index is 2.07. The first-order valence-electron chi connectivity index (χ1n) is 7.67. The summed E-state index contributed by atoms with van der Waals surface area (Å²) in [6.07, 6.45) is 0.670. The summed E-state index contributed by atoms with van der Waals surface area (Å²) in [5, 5.41) is 11.6. The van der Waals surface area contributed by atoms with E-state index in [9.17, 15) is 4.79 Å². The van der Waals surface area contributed by atoms with Crippen molar-refractivity contribution in [3.63, 3.8) is 0 Å². The molecule has 0 atom stereocenters. The van der Waals surface area contributed by atoms with Crippen LogP contribution in [0.2, 0.25) is 0 Å². The van der Waals surface area contributed by atoms with Gasteiger partial charge in [-0.1, -0.05) is 12.1 Å². The maximum Gasteiger partial charge on any atom is 0.274 e. The molecule has 0 amide bonds. The van der Waals surface area contributed by atoms with E-state index in [4.69, 9.17) is 5.14 Å². The van der Waals surface area contributed by atoms with Gasteiger partial charge in [0, 0.05) is 36.7 Å². The van der Waals surface area contributed by atoms with Crippen LogP contribution >= 0.6 is 12.1 Å². The van der Waals surface area contributed by atoms with Crippen LogP contribution in [0.25, 0.3) is 10.8 Å². The third-order valence-corrected chi connectivity index (χ3v) is 4.60. The molecule has 2 aromatic carbocycles. The molecule has 3 N–H and O–H groups in total. The lowest BCUT2D eigenvalue weighted by molar-refractivity contribution is 0.697. The van der Waals surface area contributed by atoms with Crippen molar-refractivity contribution in [1.29, 1.82) is 0 Å². The Morgan fingerprint density at radius 2 is 1.75 bits per heavy atom. The van der Waals surface area contributed by atoms with Gasteiger partial charge in [0.05, 0.1) is 11.1 Å². The molecule has 6 heteroatoms. The van der Waals surface area contributed by atoms with Crippen LogP contribution in [0, 0.1) is 13.8 Å². The summed E-state index contributed by atoms with van der Waals surface area (Å²) in [6.45, 7) is 4.08. The first-order valence-corrected chi connectivity index (χ1v) is 8.55. The quantitative estimate of drug-likeness (QED) is 0.714. The van der Waals surface area contributed by atoms with E-state index in [-0.39, 0.29) is 5.56 Å². The zero-order valence-electron chi connectivity index (χ0n) is 14.0. The number of hydrogen-bond donors (Lipinski definition) is 2. The van der Waals surface area contributed by atoms with E-state index < -0.39 is 0 Å². The molecule has 0 aliphatic rings. The van der Waals surface area contributed by atoms with Gasteiger partial charge in [-0.15, -0.1) is 0 Å². The number of aryl methyl sites for hydroxylation is 3. The van der Waals surface area contributed by atoms with Crippen LogP contribution < -0.4 is 15.4 Å². The zero-order valence-corrected chi connectivity index (χ0v) is 14.8. The molecule has 124 valence electrons. The van der Waals surface area contributed by atoms with Gasteiger partial charge in [-0.25, -0.2) is 4.68 Å². The van der Waals surface area contributed by atoms with Gasteiger partial charge in [0.1, 0.15) is 0 Å². The van der Waals surface area contributed by atoms with Crippen LogP contribution in [0.15, 0.2) is 41.2 Å². The van der Waals surface area contributed by atoms with Crippen LogP contribution in [0.1, 0.15) is 22.4 Å². The van der Waals surface area contributed by atoms with Crippen molar-refractivity contribution >= 4 is 28.6 Å². The second-order valence-corrected chi connectivity index (χ2v) is 6.39. The molecule has 0 aliphatic carbocycles. The lowest BCUT2D eigenvalue weighted by Crippen LogP contribution is -2.21. The molecule has 0 radical (unpaired) electrons. The van der Waals surface area contributed by atoms with Gasteiger partial charge in [-0.05, 0) is 54.8 Å². The fourth-order valence-electron chi connectivity index (χ4n) is 2.77. The summed E-state index contributed by atoms with van der Waals surface area (Å²) >= 11 is 1.07. The van der Waals surface area contributed by atoms with E-state index in [1.54, 1.807) is 7.05 Å².